The molecule has 1 saturated heterocycles. The predicted molar refractivity (Wildman–Crippen MR) is 54.4 cm³/mol. The quantitative estimate of drug-likeness (QED) is 0.637. The van der Waals surface area contributed by atoms with E-state index in [2.05, 4.69) is 11.3 Å². The summed E-state index contributed by atoms with van der Waals surface area (Å²) in [4.78, 5) is 10.5. The molecule has 0 saturated carbocycles. The molecular formula is C8H14N2O4S. The molecule has 0 aliphatic carbocycles. The minimum Gasteiger partial charge on any atom is -0.481 e. The Morgan fingerprint density at radius 1 is 1.67 bits per heavy atom. The van der Waals surface area contributed by atoms with E-state index in [-0.39, 0.29) is 32.0 Å². The molecule has 1 fully saturated rings. The van der Waals surface area contributed by atoms with E-state index in [9.17, 15) is 13.2 Å². The topological polar surface area (TPSA) is 86.7 Å². The van der Waals surface area contributed by atoms with Gasteiger partial charge in [-0.3, -0.25) is 4.79 Å². The number of aliphatic carboxylic acids is 1. The molecule has 0 aromatic heterocycles. The molecule has 1 heterocycles. The van der Waals surface area contributed by atoms with Gasteiger partial charge in [0.25, 0.3) is 10.2 Å². The van der Waals surface area contributed by atoms with Crippen LogP contribution in [0.15, 0.2) is 12.7 Å². The summed E-state index contributed by atoms with van der Waals surface area (Å²) in [5.74, 6) is -1.11. The van der Waals surface area contributed by atoms with Crippen molar-refractivity contribution in [2.24, 2.45) is 5.92 Å². The fraction of sp³-hybridized carbons (Fsp3) is 0.625. The Balaban J connectivity index is 2.66. The second-order valence-electron chi connectivity index (χ2n) is 3.42. The number of carboxylic acids is 1. The second kappa shape index (κ2) is 4.73. The monoisotopic (exact) mass is 234 g/mol. The third-order valence-corrected chi connectivity index (χ3v) is 3.66. The Bertz CT molecular complexity index is 352. The highest BCUT2D eigenvalue weighted by atomic mass is 32.2. The Labute approximate surface area is 88.8 Å². The van der Waals surface area contributed by atoms with Gasteiger partial charge in [0.1, 0.15) is 0 Å². The number of rotatable bonds is 4. The van der Waals surface area contributed by atoms with Gasteiger partial charge in [-0.15, -0.1) is 6.58 Å². The van der Waals surface area contributed by atoms with Crippen LogP contribution in [-0.2, 0) is 15.0 Å². The van der Waals surface area contributed by atoms with E-state index in [1.54, 1.807) is 0 Å². The molecule has 0 aromatic rings. The summed E-state index contributed by atoms with van der Waals surface area (Å²) in [6.07, 6.45) is 1.44. The number of hydrogen-bond donors (Lipinski definition) is 2. The van der Waals surface area contributed by atoms with Gasteiger partial charge in [-0.1, -0.05) is 6.08 Å². The second-order valence-corrected chi connectivity index (χ2v) is 5.18. The molecule has 15 heavy (non-hydrogen) atoms. The lowest BCUT2D eigenvalue weighted by Crippen LogP contribution is -2.51. The summed E-state index contributed by atoms with van der Waals surface area (Å²) in [6, 6.07) is 0. The summed E-state index contributed by atoms with van der Waals surface area (Å²) in [6.45, 7) is 4.07. The molecule has 1 atom stereocenters. The molecule has 1 aliphatic rings. The zero-order chi connectivity index (χ0) is 11.5. The molecule has 0 radical (unpaired) electrons. The maximum Gasteiger partial charge on any atom is 0.303 e. The van der Waals surface area contributed by atoms with Crippen molar-refractivity contribution >= 4 is 16.2 Å². The zero-order valence-electron chi connectivity index (χ0n) is 8.22. The van der Waals surface area contributed by atoms with Crippen LogP contribution in [-0.4, -0.2) is 43.4 Å². The van der Waals surface area contributed by atoms with E-state index in [0.29, 0.717) is 0 Å². The molecule has 0 spiro atoms. The average Bonchev–Trinajstić information content (AvgIpc) is 2.11. The van der Waals surface area contributed by atoms with Crippen molar-refractivity contribution in [1.82, 2.24) is 9.03 Å². The fourth-order valence-electron chi connectivity index (χ4n) is 1.47. The highest BCUT2D eigenvalue weighted by Gasteiger charge is 2.31. The van der Waals surface area contributed by atoms with Crippen molar-refractivity contribution in [3.63, 3.8) is 0 Å². The largest absolute Gasteiger partial charge is 0.481 e. The van der Waals surface area contributed by atoms with Crippen molar-refractivity contribution in [2.75, 3.05) is 19.6 Å². The van der Waals surface area contributed by atoms with Crippen molar-refractivity contribution in [1.29, 1.82) is 0 Å². The van der Waals surface area contributed by atoms with Crippen molar-refractivity contribution in [3.8, 4) is 0 Å². The van der Waals surface area contributed by atoms with E-state index < -0.39 is 16.2 Å². The number of nitrogens with one attached hydrogen (secondary N) is 1. The number of nitrogens with zero attached hydrogens (tertiary/aromatic N) is 1. The standard InChI is InChI=1S/C8H14N2O4S/c1-2-3-10-6-7(4-8(11)12)5-9-15(10,13)14/h2,7,9H,1,3-6H2,(H,11,12). The van der Waals surface area contributed by atoms with Gasteiger partial charge < -0.3 is 5.11 Å². The van der Waals surface area contributed by atoms with Gasteiger partial charge in [0.05, 0.1) is 6.42 Å². The Hall–Kier alpha value is -0.920. The predicted octanol–water partition coefficient (Wildman–Crippen LogP) is -0.587. The van der Waals surface area contributed by atoms with Crippen LogP contribution in [0.2, 0.25) is 0 Å². The molecule has 2 N–H and O–H groups in total. The van der Waals surface area contributed by atoms with Gasteiger partial charge in [-0.25, -0.2) is 4.72 Å². The van der Waals surface area contributed by atoms with Crippen molar-refractivity contribution in [3.05, 3.63) is 12.7 Å². The minimum atomic E-state index is -3.44. The summed E-state index contributed by atoms with van der Waals surface area (Å²) >= 11 is 0. The highest BCUT2D eigenvalue weighted by molar-refractivity contribution is 7.87. The Morgan fingerprint density at radius 2 is 2.33 bits per heavy atom. The van der Waals surface area contributed by atoms with Gasteiger partial charge in [0, 0.05) is 19.6 Å². The van der Waals surface area contributed by atoms with E-state index in [1.165, 1.54) is 10.4 Å². The molecular weight excluding hydrogens is 220 g/mol. The highest BCUT2D eigenvalue weighted by Crippen LogP contribution is 2.14. The molecule has 0 bridgehead atoms. The third kappa shape index (κ3) is 3.29. The van der Waals surface area contributed by atoms with Crippen LogP contribution in [0.25, 0.3) is 0 Å². The fourth-order valence-corrected chi connectivity index (χ4v) is 2.80. The molecule has 6 nitrogen and oxygen atoms in total. The number of carbonyl (C=O) groups is 1. The molecule has 86 valence electrons. The van der Waals surface area contributed by atoms with Crippen LogP contribution in [0.3, 0.4) is 0 Å². The molecule has 1 rings (SSSR count). The van der Waals surface area contributed by atoms with Crippen molar-refractivity contribution < 1.29 is 18.3 Å². The Kier molecular flexibility index (Phi) is 3.83. The van der Waals surface area contributed by atoms with Gasteiger partial charge in [0.15, 0.2) is 0 Å². The molecule has 7 heteroatoms. The first kappa shape index (κ1) is 12.2. The van der Waals surface area contributed by atoms with Gasteiger partial charge in [-0.05, 0) is 5.92 Å². The number of carboxylic acid groups (broad SMARTS) is 1. The van der Waals surface area contributed by atoms with Crippen LogP contribution >= 0.6 is 0 Å². The molecule has 0 aromatic carbocycles. The minimum absolute atomic E-state index is 0.0316. The molecule has 1 aliphatic heterocycles. The summed E-state index contributed by atoms with van der Waals surface area (Å²) in [5, 5.41) is 8.60. The lowest BCUT2D eigenvalue weighted by molar-refractivity contribution is -0.138. The van der Waals surface area contributed by atoms with Crippen LogP contribution in [0.4, 0.5) is 0 Å². The average molecular weight is 234 g/mol. The maximum atomic E-state index is 11.4. The van der Waals surface area contributed by atoms with Crippen LogP contribution < -0.4 is 4.72 Å². The summed E-state index contributed by atoms with van der Waals surface area (Å²) < 4.78 is 26.4. The number of hydrogen-bond acceptors (Lipinski definition) is 3. The Morgan fingerprint density at radius 3 is 2.87 bits per heavy atom. The molecule has 1 unspecified atom stereocenters. The van der Waals surface area contributed by atoms with E-state index >= 15 is 0 Å². The summed E-state index contributed by atoms with van der Waals surface area (Å²) in [7, 11) is -3.44. The third-order valence-electron chi connectivity index (χ3n) is 2.15. The van der Waals surface area contributed by atoms with Gasteiger partial charge in [-0.2, -0.15) is 12.7 Å². The first-order chi connectivity index (χ1) is 6.95. The van der Waals surface area contributed by atoms with Gasteiger partial charge >= 0.3 is 5.97 Å². The van der Waals surface area contributed by atoms with E-state index in [4.69, 9.17) is 5.11 Å². The normalized spacial score (nSPS) is 26.0. The lowest BCUT2D eigenvalue weighted by Gasteiger charge is -2.31. The first-order valence-corrected chi connectivity index (χ1v) is 5.97. The van der Waals surface area contributed by atoms with E-state index in [0.717, 1.165) is 0 Å². The lowest BCUT2D eigenvalue weighted by atomic mass is 10.1. The van der Waals surface area contributed by atoms with E-state index in [1.807, 2.05) is 0 Å². The smallest absolute Gasteiger partial charge is 0.303 e. The van der Waals surface area contributed by atoms with Crippen LogP contribution in [0.5, 0.6) is 0 Å². The van der Waals surface area contributed by atoms with Crippen molar-refractivity contribution in [2.45, 2.75) is 6.42 Å². The van der Waals surface area contributed by atoms with Gasteiger partial charge in [0.2, 0.25) is 0 Å². The first-order valence-electron chi connectivity index (χ1n) is 4.53. The SMILES string of the molecule is C=CCN1CC(CC(=O)O)CNS1(=O)=O. The molecule has 0 amide bonds. The van der Waals surface area contributed by atoms with Crippen LogP contribution in [0.1, 0.15) is 6.42 Å². The summed E-state index contributed by atoms with van der Waals surface area (Å²) in [5.41, 5.74) is 0. The maximum absolute atomic E-state index is 11.4. The van der Waals surface area contributed by atoms with Crippen LogP contribution in [0, 0.1) is 5.92 Å². The zero-order valence-corrected chi connectivity index (χ0v) is 9.03.